The number of rotatable bonds is 9. The van der Waals surface area contributed by atoms with Crippen LogP contribution in [-0.2, 0) is 12.8 Å². The molecule has 0 nitrogen and oxygen atoms in total. The van der Waals surface area contributed by atoms with E-state index in [1.54, 1.807) is 0 Å². The van der Waals surface area contributed by atoms with Gasteiger partial charge < -0.3 is 0 Å². The summed E-state index contributed by atoms with van der Waals surface area (Å²) in [5.41, 5.74) is 1.03. The first-order chi connectivity index (χ1) is 17.3. The van der Waals surface area contributed by atoms with Crippen LogP contribution in [0.5, 0.6) is 0 Å². The van der Waals surface area contributed by atoms with Crippen LogP contribution in [0.25, 0.3) is 0 Å². The van der Waals surface area contributed by atoms with Crippen LogP contribution in [0.3, 0.4) is 0 Å². The van der Waals surface area contributed by atoms with Crippen LogP contribution in [0.1, 0.15) is 107 Å². The van der Waals surface area contributed by atoms with Crippen LogP contribution >= 0.6 is 11.6 Å². The molecule has 0 unspecified atom stereocenters. The van der Waals surface area contributed by atoms with Crippen molar-refractivity contribution in [1.29, 1.82) is 0 Å². The van der Waals surface area contributed by atoms with Gasteiger partial charge in [0, 0.05) is 5.56 Å². The Labute approximate surface area is 218 Å². The van der Waals surface area contributed by atoms with Crippen LogP contribution in [0.2, 0.25) is 5.02 Å². The Hall–Kier alpha value is -1.55. The first kappa shape index (κ1) is 27.5. The Morgan fingerprint density at radius 3 is 1.61 bits per heavy atom. The number of benzene rings is 2. The number of halogens is 5. The van der Waals surface area contributed by atoms with E-state index in [1.165, 1.54) is 63.5 Å². The SMILES string of the molecule is CCC[C@H]1CC[C@H](CC[C@H]2CC[C@H](c3cc(F)c(CCc4cc(F)c(Cl)c(F)c4)c(F)c3)CC2)CC1. The van der Waals surface area contributed by atoms with E-state index < -0.39 is 28.3 Å². The Kier molecular flexibility index (Phi) is 9.77. The molecule has 0 amide bonds. The van der Waals surface area contributed by atoms with Crippen molar-refractivity contribution in [3.63, 3.8) is 0 Å². The minimum atomic E-state index is -0.863. The van der Waals surface area contributed by atoms with Crippen LogP contribution in [-0.4, -0.2) is 0 Å². The third kappa shape index (κ3) is 7.05. The first-order valence-corrected chi connectivity index (χ1v) is 14.3. The maximum Gasteiger partial charge on any atom is 0.145 e. The van der Waals surface area contributed by atoms with Gasteiger partial charge in [-0.3, -0.25) is 0 Å². The van der Waals surface area contributed by atoms with E-state index in [2.05, 4.69) is 6.92 Å². The summed E-state index contributed by atoms with van der Waals surface area (Å²) in [6.45, 7) is 2.29. The van der Waals surface area contributed by atoms with Crippen molar-refractivity contribution in [3.8, 4) is 0 Å². The molecule has 5 heteroatoms. The lowest BCUT2D eigenvalue weighted by Crippen LogP contribution is -2.18. The molecule has 4 rings (SSSR count). The summed E-state index contributed by atoms with van der Waals surface area (Å²) in [6, 6.07) is 5.18. The zero-order chi connectivity index (χ0) is 25.7. The second-order valence-electron chi connectivity index (χ2n) is 11.3. The fraction of sp³-hybridized carbons (Fsp3) is 0.613. The molecule has 0 N–H and O–H groups in total. The van der Waals surface area contributed by atoms with E-state index in [1.807, 2.05) is 0 Å². The molecule has 0 bridgehead atoms. The topological polar surface area (TPSA) is 0 Å². The molecule has 2 aromatic rings. The lowest BCUT2D eigenvalue weighted by Gasteiger charge is -2.32. The predicted octanol–water partition coefficient (Wildman–Crippen LogP) is 10.3. The number of aryl methyl sites for hydroxylation is 1. The van der Waals surface area contributed by atoms with Crippen molar-refractivity contribution in [2.24, 2.45) is 17.8 Å². The van der Waals surface area contributed by atoms with Crippen molar-refractivity contribution in [2.45, 2.75) is 103 Å². The quantitative estimate of drug-likeness (QED) is 0.227. The molecule has 2 aromatic carbocycles. The van der Waals surface area contributed by atoms with Gasteiger partial charge in [-0.25, -0.2) is 17.6 Å². The van der Waals surface area contributed by atoms with Crippen LogP contribution in [0, 0.1) is 41.0 Å². The second-order valence-corrected chi connectivity index (χ2v) is 11.7. The van der Waals surface area contributed by atoms with E-state index in [0.717, 1.165) is 61.1 Å². The highest BCUT2D eigenvalue weighted by Gasteiger charge is 2.26. The third-order valence-electron chi connectivity index (χ3n) is 8.84. The summed E-state index contributed by atoms with van der Waals surface area (Å²) in [5.74, 6) is -0.0750. The average molecular weight is 523 g/mol. The van der Waals surface area contributed by atoms with Gasteiger partial charge in [0.05, 0.1) is 0 Å². The maximum atomic E-state index is 14.9. The minimum Gasteiger partial charge on any atom is -0.207 e. The van der Waals surface area contributed by atoms with Gasteiger partial charge in [0.15, 0.2) is 0 Å². The molecule has 0 aromatic heterocycles. The molecule has 0 saturated heterocycles. The Morgan fingerprint density at radius 2 is 1.11 bits per heavy atom. The molecule has 198 valence electrons. The molecular formula is C31H39ClF4. The van der Waals surface area contributed by atoms with Gasteiger partial charge in [-0.15, -0.1) is 0 Å². The average Bonchev–Trinajstić information content (AvgIpc) is 2.86. The Balaban J connectivity index is 1.26. The van der Waals surface area contributed by atoms with Gasteiger partial charge in [0.1, 0.15) is 28.3 Å². The van der Waals surface area contributed by atoms with Gasteiger partial charge in [0.2, 0.25) is 0 Å². The number of hydrogen-bond acceptors (Lipinski definition) is 0. The summed E-state index contributed by atoms with van der Waals surface area (Å²) in [5, 5.41) is -0.565. The van der Waals surface area contributed by atoms with E-state index in [4.69, 9.17) is 11.6 Å². The molecule has 0 heterocycles. The third-order valence-corrected chi connectivity index (χ3v) is 9.20. The molecular weight excluding hydrogens is 484 g/mol. The minimum absolute atomic E-state index is 0.0307. The fourth-order valence-corrected chi connectivity index (χ4v) is 6.70. The summed E-state index contributed by atoms with van der Waals surface area (Å²) in [7, 11) is 0. The van der Waals surface area contributed by atoms with Crippen molar-refractivity contribution >= 4 is 11.6 Å². The highest BCUT2D eigenvalue weighted by Crippen LogP contribution is 2.41. The van der Waals surface area contributed by atoms with Crippen LogP contribution in [0.15, 0.2) is 24.3 Å². The molecule has 0 spiro atoms. The summed E-state index contributed by atoms with van der Waals surface area (Å²) in [6.07, 6.45) is 15.3. The summed E-state index contributed by atoms with van der Waals surface area (Å²) < 4.78 is 57.1. The van der Waals surface area contributed by atoms with Crippen molar-refractivity contribution < 1.29 is 17.6 Å². The number of hydrogen-bond donors (Lipinski definition) is 0. The summed E-state index contributed by atoms with van der Waals surface area (Å²) in [4.78, 5) is 0. The molecule has 2 fully saturated rings. The van der Waals surface area contributed by atoms with E-state index >= 15 is 0 Å². The zero-order valence-corrected chi connectivity index (χ0v) is 22.2. The van der Waals surface area contributed by atoms with Gasteiger partial charge in [0.25, 0.3) is 0 Å². The van der Waals surface area contributed by atoms with Gasteiger partial charge in [-0.1, -0.05) is 69.9 Å². The second kappa shape index (κ2) is 12.8. The van der Waals surface area contributed by atoms with E-state index in [-0.39, 0.29) is 24.3 Å². The van der Waals surface area contributed by atoms with E-state index in [0.29, 0.717) is 5.56 Å². The van der Waals surface area contributed by atoms with Crippen molar-refractivity contribution in [1.82, 2.24) is 0 Å². The smallest absolute Gasteiger partial charge is 0.145 e. The molecule has 0 atom stereocenters. The van der Waals surface area contributed by atoms with Crippen molar-refractivity contribution in [3.05, 3.63) is 69.2 Å². The highest BCUT2D eigenvalue weighted by molar-refractivity contribution is 6.30. The monoisotopic (exact) mass is 522 g/mol. The van der Waals surface area contributed by atoms with Crippen LogP contribution in [0.4, 0.5) is 17.6 Å². The van der Waals surface area contributed by atoms with E-state index in [9.17, 15) is 17.6 Å². The molecule has 2 aliphatic rings. The Bertz CT molecular complexity index is 958. The lowest BCUT2D eigenvalue weighted by atomic mass is 9.74. The zero-order valence-electron chi connectivity index (χ0n) is 21.4. The maximum absolute atomic E-state index is 14.9. The van der Waals surface area contributed by atoms with Crippen molar-refractivity contribution in [2.75, 3.05) is 0 Å². The first-order valence-electron chi connectivity index (χ1n) is 13.9. The lowest BCUT2D eigenvalue weighted by molar-refractivity contribution is 0.224. The highest BCUT2D eigenvalue weighted by atomic mass is 35.5. The molecule has 0 aliphatic heterocycles. The largest absolute Gasteiger partial charge is 0.207 e. The molecule has 36 heavy (non-hydrogen) atoms. The van der Waals surface area contributed by atoms with Crippen LogP contribution < -0.4 is 0 Å². The predicted molar refractivity (Wildman–Crippen MR) is 139 cm³/mol. The normalized spacial score (nSPS) is 24.7. The standard InChI is InChI=1S/C31H39ClF4/c1-2-3-20-4-6-21(7-5-20)8-9-22-10-13-24(14-11-22)25-18-27(33)26(28(34)19-25)15-12-23-16-29(35)31(32)30(36)17-23/h16-22,24H,2-15H2,1H3/t20-,21-,22-,24-. The summed E-state index contributed by atoms with van der Waals surface area (Å²) >= 11 is 5.51. The molecule has 2 aliphatic carbocycles. The van der Waals surface area contributed by atoms with Gasteiger partial charge >= 0.3 is 0 Å². The van der Waals surface area contributed by atoms with Gasteiger partial charge in [-0.2, -0.15) is 0 Å². The van der Waals surface area contributed by atoms with Gasteiger partial charge in [-0.05, 0) is 97.6 Å². The fourth-order valence-electron chi connectivity index (χ4n) is 6.59. The Morgan fingerprint density at radius 1 is 0.639 bits per heavy atom. The molecule has 2 saturated carbocycles. The molecule has 0 radical (unpaired) electrons.